The number of ether oxygens (including phenoxy) is 1. The van der Waals surface area contributed by atoms with Gasteiger partial charge in [-0.05, 0) is 45.0 Å². The Morgan fingerprint density at radius 2 is 2.08 bits per heavy atom. The van der Waals surface area contributed by atoms with Crippen LogP contribution in [0.4, 0.5) is 0 Å². The predicted molar refractivity (Wildman–Crippen MR) is 97.2 cm³/mol. The standard InChI is InChI=1S/C19H30N4O2/c1-21(2)17-5-9-22(13-17)14-19(24)23-10-6-18(7-11-23)25-15-16-4-3-8-20-12-16/h3-4,8,12,17-18H,5-7,9-11,13-15H2,1-2H3/t17-/m0/s1. The molecule has 2 aliphatic rings. The van der Waals surface area contributed by atoms with Crippen molar-refractivity contribution in [3.8, 4) is 0 Å². The molecular formula is C19H30N4O2. The van der Waals surface area contributed by atoms with E-state index in [2.05, 4.69) is 28.9 Å². The lowest BCUT2D eigenvalue weighted by Crippen LogP contribution is -2.45. The molecule has 0 radical (unpaired) electrons. The summed E-state index contributed by atoms with van der Waals surface area (Å²) in [5.41, 5.74) is 1.10. The summed E-state index contributed by atoms with van der Waals surface area (Å²) in [5.74, 6) is 0.269. The molecule has 1 amide bonds. The van der Waals surface area contributed by atoms with E-state index in [0.29, 0.717) is 19.2 Å². The molecule has 0 N–H and O–H groups in total. The number of hydrogen-bond acceptors (Lipinski definition) is 5. The van der Waals surface area contributed by atoms with Crippen LogP contribution in [0.25, 0.3) is 0 Å². The van der Waals surface area contributed by atoms with Crippen molar-refractivity contribution in [2.45, 2.75) is 38.0 Å². The molecule has 0 bridgehead atoms. The molecule has 0 saturated carbocycles. The summed E-state index contributed by atoms with van der Waals surface area (Å²) in [5, 5.41) is 0. The van der Waals surface area contributed by atoms with Crippen LogP contribution in [-0.4, -0.2) is 84.6 Å². The summed E-state index contributed by atoms with van der Waals surface area (Å²) in [4.78, 5) is 23.2. The van der Waals surface area contributed by atoms with Gasteiger partial charge in [-0.15, -0.1) is 0 Å². The van der Waals surface area contributed by atoms with Crippen LogP contribution in [0.3, 0.4) is 0 Å². The molecule has 138 valence electrons. The smallest absolute Gasteiger partial charge is 0.236 e. The summed E-state index contributed by atoms with van der Waals surface area (Å²) < 4.78 is 5.98. The fraction of sp³-hybridized carbons (Fsp3) is 0.684. The number of aromatic nitrogens is 1. The molecule has 2 fully saturated rings. The first-order valence-corrected chi connectivity index (χ1v) is 9.29. The first-order valence-electron chi connectivity index (χ1n) is 9.29. The molecule has 0 aliphatic carbocycles. The number of carbonyl (C=O) groups excluding carboxylic acids is 1. The normalized spacial score (nSPS) is 22.7. The Morgan fingerprint density at radius 3 is 2.72 bits per heavy atom. The number of nitrogens with zero attached hydrogens (tertiary/aromatic N) is 4. The number of rotatable bonds is 6. The van der Waals surface area contributed by atoms with Gasteiger partial charge in [0.25, 0.3) is 0 Å². The second-order valence-electron chi connectivity index (χ2n) is 7.39. The van der Waals surface area contributed by atoms with Crippen molar-refractivity contribution >= 4 is 5.91 Å². The van der Waals surface area contributed by atoms with Gasteiger partial charge in [0.05, 0.1) is 19.3 Å². The largest absolute Gasteiger partial charge is 0.373 e. The Balaban J connectivity index is 1.36. The van der Waals surface area contributed by atoms with Crippen LogP contribution in [0, 0.1) is 0 Å². The van der Waals surface area contributed by atoms with Crippen LogP contribution >= 0.6 is 0 Å². The van der Waals surface area contributed by atoms with Crippen LogP contribution < -0.4 is 0 Å². The third kappa shape index (κ3) is 5.23. The summed E-state index contributed by atoms with van der Waals surface area (Å²) >= 11 is 0. The molecule has 2 saturated heterocycles. The summed E-state index contributed by atoms with van der Waals surface area (Å²) in [7, 11) is 4.23. The second-order valence-corrected chi connectivity index (χ2v) is 7.39. The van der Waals surface area contributed by atoms with Gasteiger partial charge < -0.3 is 14.5 Å². The molecule has 2 aliphatic heterocycles. The van der Waals surface area contributed by atoms with E-state index in [1.807, 2.05) is 23.2 Å². The highest BCUT2D eigenvalue weighted by molar-refractivity contribution is 5.78. The van der Waals surface area contributed by atoms with Gasteiger partial charge in [0.1, 0.15) is 0 Å². The van der Waals surface area contributed by atoms with E-state index < -0.39 is 0 Å². The van der Waals surface area contributed by atoms with Crippen molar-refractivity contribution in [3.05, 3.63) is 30.1 Å². The maximum atomic E-state index is 12.5. The fourth-order valence-electron chi connectivity index (χ4n) is 3.64. The topological polar surface area (TPSA) is 48.9 Å². The van der Waals surface area contributed by atoms with Crippen LogP contribution in [0.5, 0.6) is 0 Å². The minimum Gasteiger partial charge on any atom is -0.373 e. The Bertz CT molecular complexity index is 544. The highest BCUT2D eigenvalue weighted by Gasteiger charge is 2.28. The molecule has 25 heavy (non-hydrogen) atoms. The van der Waals surface area contributed by atoms with Crippen LogP contribution in [0.1, 0.15) is 24.8 Å². The second kappa shape index (κ2) is 8.74. The Hall–Kier alpha value is -1.50. The van der Waals surface area contributed by atoms with Crippen molar-refractivity contribution in [1.82, 2.24) is 19.7 Å². The Kier molecular flexibility index (Phi) is 6.39. The fourth-order valence-corrected chi connectivity index (χ4v) is 3.64. The average Bonchev–Trinajstić information content (AvgIpc) is 3.10. The van der Waals surface area contributed by atoms with Crippen molar-refractivity contribution in [3.63, 3.8) is 0 Å². The van der Waals surface area contributed by atoms with E-state index >= 15 is 0 Å². The molecule has 3 rings (SSSR count). The van der Waals surface area contributed by atoms with Crippen LogP contribution in [-0.2, 0) is 16.1 Å². The molecular weight excluding hydrogens is 316 g/mol. The van der Waals surface area contributed by atoms with E-state index in [1.165, 1.54) is 0 Å². The molecule has 1 aromatic heterocycles. The number of carbonyl (C=O) groups is 1. The van der Waals surface area contributed by atoms with E-state index in [1.54, 1.807) is 6.20 Å². The molecule has 0 unspecified atom stereocenters. The number of pyridine rings is 1. The number of likely N-dealkylation sites (N-methyl/N-ethyl adjacent to an activating group) is 1. The molecule has 1 aromatic rings. The zero-order valence-corrected chi connectivity index (χ0v) is 15.4. The first kappa shape index (κ1) is 18.3. The summed E-state index contributed by atoms with van der Waals surface area (Å²) in [6, 6.07) is 4.54. The van der Waals surface area contributed by atoms with E-state index in [0.717, 1.165) is 51.0 Å². The molecule has 6 heteroatoms. The highest BCUT2D eigenvalue weighted by atomic mass is 16.5. The van der Waals surface area contributed by atoms with Gasteiger partial charge in [0.2, 0.25) is 5.91 Å². The molecule has 1 atom stereocenters. The SMILES string of the molecule is CN(C)[C@H]1CCN(CC(=O)N2CCC(OCc3cccnc3)CC2)C1. The average molecular weight is 346 g/mol. The molecule has 0 aromatic carbocycles. The number of hydrogen-bond donors (Lipinski definition) is 0. The first-order chi connectivity index (χ1) is 12.1. The van der Waals surface area contributed by atoms with Gasteiger partial charge >= 0.3 is 0 Å². The lowest BCUT2D eigenvalue weighted by atomic mass is 10.1. The van der Waals surface area contributed by atoms with Crippen molar-refractivity contribution in [2.24, 2.45) is 0 Å². The zero-order valence-electron chi connectivity index (χ0n) is 15.4. The van der Waals surface area contributed by atoms with Crippen molar-refractivity contribution in [2.75, 3.05) is 46.8 Å². The molecule has 6 nitrogen and oxygen atoms in total. The Labute approximate surface area is 150 Å². The maximum absolute atomic E-state index is 12.5. The third-order valence-electron chi connectivity index (χ3n) is 5.34. The van der Waals surface area contributed by atoms with Gasteiger partial charge in [-0.3, -0.25) is 14.7 Å². The lowest BCUT2D eigenvalue weighted by molar-refractivity contribution is -0.135. The Morgan fingerprint density at radius 1 is 1.28 bits per heavy atom. The molecule has 0 spiro atoms. The van der Waals surface area contributed by atoms with Gasteiger partial charge in [-0.1, -0.05) is 6.07 Å². The summed E-state index contributed by atoms with van der Waals surface area (Å²) in [6.45, 7) is 4.81. The van der Waals surface area contributed by atoms with Gasteiger partial charge in [0, 0.05) is 44.6 Å². The minimum atomic E-state index is 0.245. The van der Waals surface area contributed by atoms with Gasteiger partial charge in [-0.2, -0.15) is 0 Å². The van der Waals surface area contributed by atoms with E-state index in [-0.39, 0.29) is 12.0 Å². The minimum absolute atomic E-state index is 0.245. The van der Waals surface area contributed by atoms with Gasteiger partial charge in [-0.25, -0.2) is 0 Å². The maximum Gasteiger partial charge on any atom is 0.236 e. The van der Waals surface area contributed by atoms with Crippen LogP contribution in [0.15, 0.2) is 24.5 Å². The zero-order chi connectivity index (χ0) is 17.6. The number of amides is 1. The molecule has 3 heterocycles. The van der Waals surface area contributed by atoms with Crippen LogP contribution in [0.2, 0.25) is 0 Å². The van der Waals surface area contributed by atoms with Gasteiger partial charge in [0.15, 0.2) is 0 Å². The predicted octanol–water partition coefficient (Wildman–Crippen LogP) is 1.23. The monoisotopic (exact) mass is 346 g/mol. The van der Waals surface area contributed by atoms with Crippen molar-refractivity contribution in [1.29, 1.82) is 0 Å². The van der Waals surface area contributed by atoms with Crippen molar-refractivity contribution < 1.29 is 9.53 Å². The third-order valence-corrected chi connectivity index (χ3v) is 5.34. The highest BCUT2D eigenvalue weighted by Crippen LogP contribution is 2.17. The lowest BCUT2D eigenvalue weighted by Gasteiger charge is -2.33. The number of piperidine rings is 1. The quantitative estimate of drug-likeness (QED) is 0.775. The summed E-state index contributed by atoms with van der Waals surface area (Å²) in [6.07, 6.45) is 6.86. The number of likely N-dealkylation sites (tertiary alicyclic amines) is 2. The van der Waals surface area contributed by atoms with E-state index in [9.17, 15) is 4.79 Å². The van der Waals surface area contributed by atoms with E-state index in [4.69, 9.17) is 4.74 Å².